The van der Waals surface area contributed by atoms with Crippen molar-refractivity contribution >= 4 is 11.0 Å². The van der Waals surface area contributed by atoms with Crippen molar-refractivity contribution in [2.45, 2.75) is 31.8 Å². The van der Waals surface area contributed by atoms with Crippen molar-refractivity contribution in [2.75, 3.05) is 6.54 Å². The molecule has 3 rings (SSSR count). The number of imidazole rings is 1. The number of hydrogen-bond donors (Lipinski definition) is 1. The zero-order chi connectivity index (χ0) is 12.5. The Labute approximate surface area is 107 Å². The third-order valence-corrected chi connectivity index (χ3v) is 3.73. The molecule has 94 valence electrons. The van der Waals surface area contributed by atoms with E-state index in [1.807, 2.05) is 18.3 Å². The summed E-state index contributed by atoms with van der Waals surface area (Å²) in [6, 6.07) is 2.87. The molecule has 2 aromatic heterocycles. The lowest BCUT2D eigenvalue weighted by Gasteiger charge is -2.30. The van der Waals surface area contributed by atoms with Crippen LogP contribution in [0, 0.1) is 6.92 Å². The summed E-state index contributed by atoms with van der Waals surface area (Å²) in [6.45, 7) is 6.99. The number of hydrogen-bond acceptors (Lipinski definition) is 3. The second kappa shape index (κ2) is 4.53. The molecule has 2 aromatic rings. The largest absolute Gasteiger partial charge is 0.324 e. The molecule has 2 atom stereocenters. The van der Waals surface area contributed by atoms with Gasteiger partial charge in [-0.15, -0.1) is 6.58 Å². The summed E-state index contributed by atoms with van der Waals surface area (Å²) >= 11 is 0. The van der Waals surface area contributed by atoms with E-state index in [0.29, 0.717) is 12.1 Å². The van der Waals surface area contributed by atoms with E-state index in [-0.39, 0.29) is 0 Å². The summed E-state index contributed by atoms with van der Waals surface area (Å²) in [5.41, 5.74) is 2.18. The van der Waals surface area contributed by atoms with Crippen LogP contribution in [-0.2, 0) is 0 Å². The number of aryl methyl sites for hydroxylation is 1. The molecule has 0 bridgehead atoms. The van der Waals surface area contributed by atoms with Gasteiger partial charge in [-0.1, -0.05) is 6.08 Å². The summed E-state index contributed by atoms with van der Waals surface area (Å²) < 4.78 is 2.33. The molecular formula is C14H18N4. The quantitative estimate of drug-likeness (QED) is 0.821. The fourth-order valence-corrected chi connectivity index (χ4v) is 2.87. The molecule has 0 saturated carbocycles. The first-order valence-electron chi connectivity index (χ1n) is 6.44. The summed E-state index contributed by atoms with van der Waals surface area (Å²) in [5, 5.41) is 3.46. The first kappa shape index (κ1) is 11.4. The molecular weight excluding hydrogens is 224 g/mol. The number of nitrogens with zero attached hydrogens (tertiary/aromatic N) is 3. The Morgan fingerprint density at radius 2 is 2.44 bits per heavy atom. The van der Waals surface area contributed by atoms with E-state index in [1.165, 1.54) is 0 Å². The first-order valence-corrected chi connectivity index (χ1v) is 6.44. The molecule has 0 spiro atoms. The van der Waals surface area contributed by atoms with Crippen molar-refractivity contribution in [2.24, 2.45) is 0 Å². The smallest absolute Gasteiger partial charge is 0.107 e. The predicted molar refractivity (Wildman–Crippen MR) is 72.5 cm³/mol. The molecule has 1 aliphatic rings. The molecule has 1 saturated heterocycles. The minimum atomic E-state index is 0.400. The SMILES string of the molecule is C=CC1CC(n2c(C)nc3ccncc32)CCN1. The molecule has 0 amide bonds. The number of nitrogens with one attached hydrogen (secondary N) is 1. The van der Waals surface area contributed by atoms with Crippen LogP contribution in [0.1, 0.15) is 24.7 Å². The normalized spacial score (nSPS) is 24.3. The molecule has 0 aliphatic carbocycles. The van der Waals surface area contributed by atoms with Crippen LogP contribution in [0.2, 0.25) is 0 Å². The van der Waals surface area contributed by atoms with Gasteiger partial charge in [-0.2, -0.15) is 0 Å². The van der Waals surface area contributed by atoms with Gasteiger partial charge in [0.25, 0.3) is 0 Å². The third kappa shape index (κ3) is 1.82. The van der Waals surface area contributed by atoms with Crippen molar-refractivity contribution in [3.05, 3.63) is 36.9 Å². The topological polar surface area (TPSA) is 42.7 Å². The van der Waals surface area contributed by atoms with Gasteiger partial charge in [-0.25, -0.2) is 4.98 Å². The van der Waals surface area contributed by atoms with E-state index in [2.05, 4.69) is 33.4 Å². The van der Waals surface area contributed by atoms with Crippen LogP contribution < -0.4 is 5.32 Å². The van der Waals surface area contributed by atoms with Crippen molar-refractivity contribution in [1.29, 1.82) is 0 Å². The van der Waals surface area contributed by atoms with Crippen LogP contribution in [0.3, 0.4) is 0 Å². The standard InChI is InChI=1S/C14H18N4/c1-3-11-8-12(4-7-16-11)18-10(2)17-13-5-6-15-9-14(13)18/h3,5-6,9,11-12,16H,1,4,7-8H2,2H3. The summed E-state index contributed by atoms with van der Waals surface area (Å²) in [6.07, 6.45) is 7.92. The zero-order valence-corrected chi connectivity index (χ0v) is 10.6. The maximum atomic E-state index is 4.62. The molecule has 1 fully saturated rings. The average Bonchev–Trinajstić information content (AvgIpc) is 2.74. The number of piperidine rings is 1. The predicted octanol–water partition coefficient (Wildman–Crippen LogP) is 2.22. The van der Waals surface area contributed by atoms with Gasteiger partial charge in [0.15, 0.2) is 0 Å². The molecule has 0 aromatic carbocycles. The molecule has 4 heteroatoms. The van der Waals surface area contributed by atoms with Gasteiger partial charge in [-0.05, 0) is 32.4 Å². The Kier molecular flexibility index (Phi) is 2.88. The van der Waals surface area contributed by atoms with E-state index in [9.17, 15) is 0 Å². The molecule has 0 radical (unpaired) electrons. The monoisotopic (exact) mass is 242 g/mol. The summed E-state index contributed by atoms with van der Waals surface area (Å²) in [4.78, 5) is 8.84. The van der Waals surface area contributed by atoms with Crippen molar-refractivity contribution in [1.82, 2.24) is 19.9 Å². The molecule has 3 heterocycles. The highest BCUT2D eigenvalue weighted by Crippen LogP contribution is 2.28. The second-order valence-corrected chi connectivity index (χ2v) is 4.87. The van der Waals surface area contributed by atoms with Crippen LogP contribution in [0.5, 0.6) is 0 Å². The lowest BCUT2D eigenvalue weighted by Crippen LogP contribution is -2.37. The van der Waals surface area contributed by atoms with E-state index >= 15 is 0 Å². The Morgan fingerprint density at radius 1 is 1.56 bits per heavy atom. The van der Waals surface area contributed by atoms with Crippen LogP contribution >= 0.6 is 0 Å². The van der Waals surface area contributed by atoms with Gasteiger partial charge in [0, 0.05) is 18.3 Å². The number of pyridine rings is 1. The van der Waals surface area contributed by atoms with Gasteiger partial charge in [-0.3, -0.25) is 4.98 Å². The lowest BCUT2D eigenvalue weighted by molar-refractivity contribution is 0.332. The number of rotatable bonds is 2. The molecule has 1 aliphatic heterocycles. The van der Waals surface area contributed by atoms with Gasteiger partial charge < -0.3 is 9.88 Å². The molecule has 2 unspecified atom stereocenters. The van der Waals surface area contributed by atoms with Crippen LogP contribution in [-0.4, -0.2) is 27.1 Å². The summed E-state index contributed by atoms with van der Waals surface area (Å²) in [5.74, 6) is 1.08. The fraction of sp³-hybridized carbons (Fsp3) is 0.429. The highest BCUT2D eigenvalue weighted by molar-refractivity contribution is 5.74. The molecule has 4 nitrogen and oxygen atoms in total. The minimum Gasteiger partial charge on any atom is -0.324 e. The summed E-state index contributed by atoms with van der Waals surface area (Å²) in [7, 11) is 0. The van der Waals surface area contributed by atoms with Crippen LogP contribution in [0.4, 0.5) is 0 Å². The van der Waals surface area contributed by atoms with Crippen molar-refractivity contribution < 1.29 is 0 Å². The Bertz CT molecular complexity index is 572. The van der Waals surface area contributed by atoms with Crippen molar-refractivity contribution in [3.8, 4) is 0 Å². The first-order chi connectivity index (χ1) is 8.79. The van der Waals surface area contributed by atoms with Gasteiger partial charge in [0.05, 0.1) is 17.2 Å². The Balaban J connectivity index is 2.02. The fourth-order valence-electron chi connectivity index (χ4n) is 2.87. The van der Waals surface area contributed by atoms with E-state index in [4.69, 9.17) is 0 Å². The van der Waals surface area contributed by atoms with E-state index in [1.54, 1.807) is 6.20 Å². The third-order valence-electron chi connectivity index (χ3n) is 3.73. The zero-order valence-electron chi connectivity index (χ0n) is 10.6. The lowest BCUT2D eigenvalue weighted by atomic mass is 9.99. The van der Waals surface area contributed by atoms with E-state index < -0.39 is 0 Å². The van der Waals surface area contributed by atoms with Gasteiger partial charge >= 0.3 is 0 Å². The van der Waals surface area contributed by atoms with Crippen LogP contribution in [0.15, 0.2) is 31.1 Å². The highest BCUT2D eigenvalue weighted by Gasteiger charge is 2.23. The van der Waals surface area contributed by atoms with Crippen molar-refractivity contribution in [3.63, 3.8) is 0 Å². The number of aromatic nitrogens is 3. The maximum absolute atomic E-state index is 4.62. The van der Waals surface area contributed by atoms with Gasteiger partial charge in [0.1, 0.15) is 5.82 Å². The average molecular weight is 242 g/mol. The Morgan fingerprint density at radius 3 is 3.28 bits per heavy atom. The number of fused-ring (bicyclic) bond motifs is 1. The maximum Gasteiger partial charge on any atom is 0.107 e. The van der Waals surface area contributed by atoms with Gasteiger partial charge in [0.2, 0.25) is 0 Å². The van der Waals surface area contributed by atoms with E-state index in [0.717, 1.165) is 36.2 Å². The molecule has 18 heavy (non-hydrogen) atoms. The minimum absolute atomic E-state index is 0.400. The highest BCUT2D eigenvalue weighted by atomic mass is 15.1. The van der Waals surface area contributed by atoms with Crippen LogP contribution in [0.25, 0.3) is 11.0 Å². The Hall–Kier alpha value is -1.68. The second-order valence-electron chi connectivity index (χ2n) is 4.87. The molecule has 1 N–H and O–H groups in total.